The quantitative estimate of drug-likeness (QED) is 0.137. The molecule has 1 aromatic carbocycles. The number of fused-ring (bicyclic) bond motifs is 1. The molecule has 0 saturated heterocycles. The molecule has 0 atom stereocenters. The van der Waals surface area contributed by atoms with E-state index in [-0.39, 0.29) is 60.3 Å². The fraction of sp³-hybridized carbons (Fsp3) is 0.250. The number of nitrogens with zero attached hydrogens (tertiary/aromatic N) is 1. The van der Waals surface area contributed by atoms with Crippen molar-refractivity contribution < 1.29 is 58.6 Å². The zero-order chi connectivity index (χ0) is 17.0. The molecule has 0 aliphatic carbocycles. The van der Waals surface area contributed by atoms with Gasteiger partial charge < -0.3 is 9.84 Å². The van der Waals surface area contributed by atoms with Gasteiger partial charge in [-0.15, -0.1) is 5.76 Å². The maximum absolute atomic E-state index is 12.1. The molecule has 1 aromatic rings. The summed E-state index contributed by atoms with van der Waals surface area (Å²) >= 11 is 0. The zero-order valence-electron chi connectivity index (χ0n) is 13.4. The molecule has 2 rings (SSSR count). The maximum atomic E-state index is 12.1. The van der Waals surface area contributed by atoms with Crippen LogP contribution in [0.3, 0.4) is 0 Å². The molecule has 0 unspecified atom stereocenters. The van der Waals surface area contributed by atoms with E-state index in [4.69, 9.17) is 0 Å². The van der Waals surface area contributed by atoms with E-state index in [2.05, 4.69) is 4.74 Å². The Balaban J connectivity index is 0.00000288. The molecule has 120 valence electrons. The van der Waals surface area contributed by atoms with Crippen LogP contribution in [-0.2, 0) is 14.3 Å². The summed E-state index contributed by atoms with van der Waals surface area (Å²) in [5.74, 6) is -3.77. The van der Waals surface area contributed by atoms with E-state index < -0.39 is 29.3 Å². The summed E-state index contributed by atoms with van der Waals surface area (Å²) in [6.07, 6.45) is 0.382. The largest absolute Gasteiger partial charge is 1.00 e. The molecule has 0 spiro atoms. The Morgan fingerprint density at radius 3 is 2.21 bits per heavy atom. The zero-order valence-corrected chi connectivity index (χ0v) is 15.4. The molecule has 0 bridgehead atoms. The summed E-state index contributed by atoms with van der Waals surface area (Å²) in [6, 6.07) is 6.36. The summed E-state index contributed by atoms with van der Waals surface area (Å²) in [4.78, 5) is 47.6. The second kappa shape index (κ2) is 8.77. The van der Waals surface area contributed by atoms with Gasteiger partial charge in [0.15, 0.2) is 0 Å². The number of rotatable bonds is 6. The van der Waals surface area contributed by atoms with Crippen LogP contribution in [0.15, 0.2) is 36.1 Å². The molecule has 24 heavy (non-hydrogen) atoms. The third-order valence-electron chi connectivity index (χ3n) is 3.23. The third-order valence-corrected chi connectivity index (χ3v) is 3.23. The Morgan fingerprint density at radius 2 is 1.71 bits per heavy atom. The van der Waals surface area contributed by atoms with Crippen molar-refractivity contribution >= 4 is 23.6 Å². The number of carbonyl (C=O) groups excluding carboxylic acids is 4. The Kier molecular flexibility index (Phi) is 7.34. The summed E-state index contributed by atoms with van der Waals surface area (Å²) in [5, 5.41) is 11.7. The maximum Gasteiger partial charge on any atom is 1.00 e. The number of benzene rings is 1. The van der Waals surface area contributed by atoms with Crippen LogP contribution in [-0.4, -0.2) is 41.6 Å². The molecule has 7 nitrogen and oxygen atoms in total. The average molecular weight is 339 g/mol. The SMILES string of the molecule is CCOC(=O)C(=O)/C=C(\[O-])CCN1C(=O)c2ccccc2C1=O.[Na+]. The Hall–Kier alpha value is -1.96. The molecule has 0 aromatic heterocycles. The van der Waals surface area contributed by atoms with Crippen LogP contribution in [0.4, 0.5) is 0 Å². The van der Waals surface area contributed by atoms with Crippen molar-refractivity contribution in [2.45, 2.75) is 13.3 Å². The number of hydrogen-bond acceptors (Lipinski definition) is 6. The van der Waals surface area contributed by atoms with Crippen LogP contribution < -0.4 is 34.7 Å². The van der Waals surface area contributed by atoms with Gasteiger partial charge in [-0.3, -0.25) is 19.3 Å². The first kappa shape index (κ1) is 20.1. The van der Waals surface area contributed by atoms with E-state index in [1.807, 2.05) is 0 Å². The van der Waals surface area contributed by atoms with Crippen molar-refractivity contribution in [3.8, 4) is 0 Å². The third kappa shape index (κ3) is 4.31. The molecular weight excluding hydrogens is 325 g/mol. The first-order valence-electron chi connectivity index (χ1n) is 6.99. The molecule has 0 N–H and O–H groups in total. The second-order valence-electron chi connectivity index (χ2n) is 4.75. The molecule has 0 radical (unpaired) electrons. The molecule has 0 saturated carbocycles. The van der Waals surface area contributed by atoms with Crippen LogP contribution >= 0.6 is 0 Å². The minimum Gasteiger partial charge on any atom is -0.875 e. The van der Waals surface area contributed by atoms with E-state index in [9.17, 15) is 24.3 Å². The van der Waals surface area contributed by atoms with Crippen molar-refractivity contribution in [3.05, 3.63) is 47.2 Å². The molecule has 0 fully saturated rings. The summed E-state index contributed by atoms with van der Waals surface area (Å²) < 4.78 is 4.47. The monoisotopic (exact) mass is 339 g/mol. The normalized spacial score (nSPS) is 13.4. The van der Waals surface area contributed by atoms with Gasteiger partial charge in [0.2, 0.25) is 0 Å². The van der Waals surface area contributed by atoms with Crippen LogP contribution in [0.25, 0.3) is 0 Å². The Labute approximate surface area is 160 Å². The van der Waals surface area contributed by atoms with Gasteiger partial charge in [-0.05, 0) is 31.6 Å². The predicted octanol–water partition coefficient (Wildman–Crippen LogP) is -2.95. The van der Waals surface area contributed by atoms with E-state index in [0.717, 1.165) is 4.90 Å². The first-order valence-corrected chi connectivity index (χ1v) is 6.99. The number of amides is 2. The summed E-state index contributed by atoms with van der Waals surface area (Å²) in [5.41, 5.74) is 0.577. The standard InChI is InChI=1S/C16H15NO6.Na/c1-2-23-16(22)13(19)9-10(18)7-8-17-14(20)11-5-3-4-6-12(11)15(17)21;/h3-6,9,18H,2,7-8H2,1H3;/q;+1/p-1/b10-9-;. The summed E-state index contributed by atoms with van der Waals surface area (Å²) in [7, 11) is 0. The Morgan fingerprint density at radius 1 is 1.17 bits per heavy atom. The van der Waals surface area contributed by atoms with Gasteiger partial charge in [0.25, 0.3) is 17.6 Å². The predicted molar refractivity (Wildman–Crippen MR) is 76.1 cm³/mol. The van der Waals surface area contributed by atoms with E-state index >= 15 is 0 Å². The fourth-order valence-electron chi connectivity index (χ4n) is 2.14. The average Bonchev–Trinajstić information content (AvgIpc) is 2.77. The first-order chi connectivity index (χ1) is 11.0. The van der Waals surface area contributed by atoms with Crippen LogP contribution in [0.5, 0.6) is 0 Å². The van der Waals surface area contributed by atoms with Crippen LogP contribution in [0.2, 0.25) is 0 Å². The molecule has 1 aliphatic heterocycles. The Bertz CT molecular complexity index is 677. The van der Waals surface area contributed by atoms with Crippen molar-refractivity contribution in [1.29, 1.82) is 0 Å². The summed E-state index contributed by atoms with van der Waals surface area (Å²) in [6.45, 7) is 1.41. The van der Waals surface area contributed by atoms with Gasteiger partial charge in [-0.1, -0.05) is 12.1 Å². The topological polar surface area (TPSA) is 104 Å². The number of carbonyl (C=O) groups is 4. The number of ketones is 1. The number of hydrogen-bond donors (Lipinski definition) is 0. The molecule has 1 heterocycles. The van der Waals surface area contributed by atoms with Crippen LogP contribution in [0.1, 0.15) is 34.1 Å². The minimum atomic E-state index is -1.11. The van der Waals surface area contributed by atoms with Crippen molar-refractivity contribution in [2.24, 2.45) is 0 Å². The number of ether oxygens (including phenoxy) is 1. The van der Waals surface area contributed by atoms with Gasteiger partial charge >= 0.3 is 35.5 Å². The van der Waals surface area contributed by atoms with Gasteiger partial charge in [0, 0.05) is 6.54 Å². The number of imide groups is 1. The fourth-order valence-corrected chi connectivity index (χ4v) is 2.14. The van der Waals surface area contributed by atoms with Gasteiger partial charge in [0.1, 0.15) is 0 Å². The van der Waals surface area contributed by atoms with E-state index in [1.165, 1.54) is 19.1 Å². The van der Waals surface area contributed by atoms with E-state index in [0.29, 0.717) is 6.08 Å². The smallest absolute Gasteiger partial charge is 0.875 e. The van der Waals surface area contributed by atoms with Crippen molar-refractivity contribution in [2.75, 3.05) is 13.2 Å². The van der Waals surface area contributed by atoms with Crippen LogP contribution in [0, 0.1) is 0 Å². The van der Waals surface area contributed by atoms with Gasteiger partial charge in [-0.2, -0.15) is 0 Å². The van der Waals surface area contributed by atoms with Gasteiger partial charge in [0.05, 0.1) is 17.7 Å². The molecule has 1 aliphatic rings. The number of esters is 1. The van der Waals surface area contributed by atoms with Gasteiger partial charge in [-0.25, -0.2) is 4.79 Å². The molecular formula is C16H14NNaO6. The van der Waals surface area contributed by atoms with Crippen molar-refractivity contribution in [3.63, 3.8) is 0 Å². The van der Waals surface area contributed by atoms with E-state index in [1.54, 1.807) is 12.1 Å². The second-order valence-corrected chi connectivity index (χ2v) is 4.75. The minimum absolute atomic E-state index is 0. The van der Waals surface area contributed by atoms with Crippen molar-refractivity contribution in [1.82, 2.24) is 4.90 Å². The molecule has 2 amide bonds. The molecule has 8 heteroatoms.